The van der Waals surface area contributed by atoms with Crippen molar-refractivity contribution in [3.05, 3.63) is 71.3 Å². The molecule has 4 heteroatoms. The molecule has 2 aromatic carbocycles. The van der Waals surface area contributed by atoms with Crippen LogP contribution >= 0.6 is 0 Å². The van der Waals surface area contributed by atoms with Gasteiger partial charge < -0.3 is 10.2 Å². The maximum absolute atomic E-state index is 13.2. The highest BCUT2D eigenvalue weighted by Crippen LogP contribution is 2.47. The summed E-state index contributed by atoms with van der Waals surface area (Å²) in [6, 6.07) is 18.2. The summed E-state index contributed by atoms with van der Waals surface area (Å²) in [5, 5.41) is 3.19. The third-order valence-corrected chi connectivity index (χ3v) is 6.30. The van der Waals surface area contributed by atoms with Gasteiger partial charge in [-0.05, 0) is 35.4 Å². The molecule has 152 valence electrons. The normalized spacial score (nSPS) is 19.6. The fraction of sp³-hybridized carbons (Fsp3) is 0.440. The third-order valence-electron chi connectivity index (χ3n) is 6.30. The van der Waals surface area contributed by atoms with Gasteiger partial charge in [-0.15, -0.1) is 0 Å². The Labute approximate surface area is 173 Å². The molecule has 1 atom stereocenters. The molecule has 0 aromatic heterocycles. The fourth-order valence-corrected chi connectivity index (χ4v) is 4.37. The van der Waals surface area contributed by atoms with Gasteiger partial charge >= 0.3 is 0 Å². The van der Waals surface area contributed by atoms with Crippen LogP contribution in [0.4, 0.5) is 0 Å². The molecule has 4 rings (SSSR count). The van der Waals surface area contributed by atoms with Crippen molar-refractivity contribution in [2.75, 3.05) is 6.54 Å². The van der Waals surface area contributed by atoms with Crippen molar-refractivity contribution in [2.24, 2.45) is 5.92 Å². The van der Waals surface area contributed by atoms with E-state index in [1.54, 1.807) is 4.90 Å². The van der Waals surface area contributed by atoms with E-state index in [9.17, 15) is 9.59 Å². The Morgan fingerprint density at radius 2 is 1.69 bits per heavy atom. The van der Waals surface area contributed by atoms with Crippen LogP contribution < -0.4 is 5.32 Å². The number of nitrogens with zero attached hydrogens (tertiary/aromatic N) is 1. The van der Waals surface area contributed by atoms with Crippen LogP contribution in [-0.4, -0.2) is 29.3 Å². The molecule has 1 unspecified atom stereocenters. The number of carbonyl (C=O) groups is 2. The van der Waals surface area contributed by atoms with Gasteiger partial charge in [-0.25, -0.2) is 0 Å². The molecule has 1 aliphatic carbocycles. The van der Waals surface area contributed by atoms with E-state index in [1.165, 1.54) is 11.1 Å². The first-order chi connectivity index (χ1) is 14.0. The molecule has 1 aliphatic heterocycles. The van der Waals surface area contributed by atoms with Crippen molar-refractivity contribution >= 4 is 11.8 Å². The average molecular weight is 391 g/mol. The zero-order chi connectivity index (χ0) is 20.4. The summed E-state index contributed by atoms with van der Waals surface area (Å²) in [6.07, 6.45) is 3.26. The molecule has 1 saturated carbocycles. The first-order valence-corrected chi connectivity index (χ1v) is 10.7. The lowest BCUT2D eigenvalue weighted by Gasteiger charge is -2.36. The molecular formula is C25H30N2O2. The van der Waals surface area contributed by atoms with E-state index in [0.29, 0.717) is 25.9 Å². The van der Waals surface area contributed by atoms with E-state index in [0.717, 1.165) is 18.4 Å². The Morgan fingerprint density at radius 1 is 1.03 bits per heavy atom. The van der Waals surface area contributed by atoms with Gasteiger partial charge in [0.05, 0.1) is 0 Å². The Balaban J connectivity index is 1.49. The summed E-state index contributed by atoms with van der Waals surface area (Å²) < 4.78 is 0. The molecule has 1 heterocycles. The summed E-state index contributed by atoms with van der Waals surface area (Å²) in [4.78, 5) is 27.9. The van der Waals surface area contributed by atoms with Crippen molar-refractivity contribution in [1.82, 2.24) is 10.2 Å². The Bertz CT molecular complexity index is 887. The van der Waals surface area contributed by atoms with Crippen LogP contribution in [0.5, 0.6) is 0 Å². The molecule has 0 saturated heterocycles. The molecule has 2 aliphatic rings. The van der Waals surface area contributed by atoms with Gasteiger partial charge in [0.15, 0.2) is 0 Å². The lowest BCUT2D eigenvalue weighted by Crippen LogP contribution is -2.53. The topological polar surface area (TPSA) is 49.4 Å². The Morgan fingerprint density at radius 3 is 2.34 bits per heavy atom. The SMILES string of the molecule is CC(C)CC(=O)N1Cc2ccccc2CC1C(=O)NCC1(c2ccccc2)CC1. The molecule has 2 aromatic rings. The number of fused-ring (bicyclic) bond motifs is 1. The van der Waals surface area contributed by atoms with Gasteiger partial charge in [0.2, 0.25) is 11.8 Å². The van der Waals surface area contributed by atoms with Crippen LogP contribution in [0.1, 0.15) is 49.8 Å². The third kappa shape index (κ3) is 4.21. The highest BCUT2D eigenvalue weighted by molar-refractivity contribution is 5.88. The molecule has 1 fully saturated rings. The molecule has 0 radical (unpaired) electrons. The average Bonchev–Trinajstić information content (AvgIpc) is 3.52. The van der Waals surface area contributed by atoms with Crippen LogP contribution in [0.25, 0.3) is 0 Å². The number of hydrogen-bond acceptors (Lipinski definition) is 2. The standard InChI is InChI=1S/C25H30N2O2/c1-18(2)14-23(28)27-16-20-9-7-6-8-19(20)15-22(27)24(29)26-17-25(12-13-25)21-10-4-3-5-11-21/h3-11,18,22H,12-17H2,1-2H3,(H,26,29). The van der Waals surface area contributed by atoms with Crippen molar-refractivity contribution < 1.29 is 9.59 Å². The minimum absolute atomic E-state index is 0.0289. The fourth-order valence-electron chi connectivity index (χ4n) is 4.37. The summed E-state index contributed by atoms with van der Waals surface area (Å²) in [7, 11) is 0. The minimum atomic E-state index is -0.428. The van der Waals surface area contributed by atoms with E-state index < -0.39 is 6.04 Å². The van der Waals surface area contributed by atoms with Gasteiger partial charge in [-0.3, -0.25) is 9.59 Å². The van der Waals surface area contributed by atoms with E-state index in [4.69, 9.17) is 0 Å². The minimum Gasteiger partial charge on any atom is -0.353 e. The first-order valence-electron chi connectivity index (χ1n) is 10.7. The van der Waals surface area contributed by atoms with E-state index in [-0.39, 0.29) is 23.1 Å². The maximum Gasteiger partial charge on any atom is 0.243 e. The summed E-state index contributed by atoms with van der Waals surface area (Å²) >= 11 is 0. The van der Waals surface area contributed by atoms with E-state index in [2.05, 4.69) is 41.7 Å². The number of nitrogens with one attached hydrogen (secondary N) is 1. The summed E-state index contributed by atoms with van der Waals surface area (Å²) in [5.74, 6) is 0.314. The summed E-state index contributed by atoms with van der Waals surface area (Å²) in [6.45, 7) is 5.24. The molecule has 1 N–H and O–H groups in total. The second-order valence-electron chi connectivity index (χ2n) is 8.97. The van der Waals surface area contributed by atoms with Gasteiger partial charge in [0.1, 0.15) is 6.04 Å². The number of benzene rings is 2. The Hall–Kier alpha value is -2.62. The van der Waals surface area contributed by atoms with Crippen LogP contribution in [0.15, 0.2) is 54.6 Å². The van der Waals surface area contributed by atoms with E-state index >= 15 is 0 Å². The molecular weight excluding hydrogens is 360 g/mol. The van der Waals surface area contributed by atoms with Crippen molar-refractivity contribution in [3.8, 4) is 0 Å². The highest BCUT2D eigenvalue weighted by atomic mass is 16.2. The molecule has 4 nitrogen and oxygen atoms in total. The van der Waals surface area contributed by atoms with Gasteiger partial charge in [0, 0.05) is 31.3 Å². The molecule has 29 heavy (non-hydrogen) atoms. The lowest BCUT2D eigenvalue weighted by atomic mass is 9.92. The zero-order valence-corrected chi connectivity index (χ0v) is 17.4. The highest BCUT2D eigenvalue weighted by Gasteiger charge is 2.45. The molecule has 2 amide bonds. The molecule has 0 spiro atoms. The first kappa shape index (κ1) is 19.7. The lowest BCUT2D eigenvalue weighted by molar-refractivity contribution is -0.142. The second kappa shape index (κ2) is 8.02. The summed E-state index contributed by atoms with van der Waals surface area (Å²) in [5.41, 5.74) is 3.68. The van der Waals surface area contributed by atoms with Gasteiger partial charge in [-0.2, -0.15) is 0 Å². The predicted octanol–water partition coefficient (Wildman–Crippen LogP) is 3.83. The van der Waals surface area contributed by atoms with Gasteiger partial charge in [0.25, 0.3) is 0 Å². The van der Waals surface area contributed by atoms with Crippen molar-refractivity contribution in [2.45, 2.75) is 57.5 Å². The maximum atomic E-state index is 13.2. The number of hydrogen-bond donors (Lipinski definition) is 1. The molecule has 0 bridgehead atoms. The van der Waals surface area contributed by atoms with Crippen LogP contribution in [0.2, 0.25) is 0 Å². The van der Waals surface area contributed by atoms with Crippen molar-refractivity contribution in [1.29, 1.82) is 0 Å². The monoisotopic (exact) mass is 390 g/mol. The van der Waals surface area contributed by atoms with Crippen LogP contribution in [0, 0.1) is 5.92 Å². The second-order valence-corrected chi connectivity index (χ2v) is 8.97. The largest absolute Gasteiger partial charge is 0.353 e. The predicted molar refractivity (Wildman–Crippen MR) is 114 cm³/mol. The number of amides is 2. The smallest absolute Gasteiger partial charge is 0.243 e. The Kier molecular flexibility index (Phi) is 5.44. The van der Waals surface area contributed by atoms with E-state index in [1.807, 2.05) is 32.0 Å². The number of rotatable bonds is 6. The van der Waals surface area contributed by atoms with Crippen LogP contribution in [-0.2, 0) is 28.0 Å². The number of carbonyl (C=O) groups excluding carboxylic acids is 2. The zero-order valence-electron chi connectivity index (χ0n) is 17.4. The van der Waals surface area contributed by atoms with Crippen molar-refractivity contribution in [3.63, 3.8) is 0 Å². The van der Waals surface area contributed by atoms with Crippen LogP contribution in [0.3, 0.4) is 0 Å². The quantitative estimate of drug-likeness (QED) is 0.815. The van der Waals surface area contributed by atoms with Gasteiger partial charge in [-0.1, -0.05) is 68.4 Å².